The Balaban J connectivity index is 2.13. The number of anilines is 1. The van der Waals surface area contributed by atoms with Crippen molar-refractivity contribution in [2.45, 2.75) is 0 Å². The number of hydrogen-bond acceptors (Lipinski definition) is 4. The van der Waals surface area contributed by atoms with Gasteiger partial charge >= 0.3 is 0 Å². The Morgan fingerprint density at radius 3 is 2.84 bits per heavy atom. The lowest BCUT2D eigenvalue weighted by molar-refractivity contribution is 0.386. The summed E-state index contributed by atoms with van der Waals surface area (Å²) in [7, 11) is 1.41. The third-order valence-electron chi connectivity index (χ3n) is 2.81. The molecule has 2 N–H and O–H groups in total. The fourth-order valence-electron chi connectivity index (χ4n) is 1.86. The van der Waals surface area contributed by atoms with E-state index in [0.717, 1.165) is 0 Å². The molecule has 5 heteroatoms. The van der Waals surface area contributed by atoms with Gasteiger partial charge in [0.15, 0.2) is 17.1 Å². The van der Waals surface area contributed by atoms with Crippen LogP contribution in [0.5, 0.6) is 5.75 Å². The zero-order chi connectivity index (χ0) is 13.4. The number of hydrogen-bond donors (Lipinski definition) is 1. The second-order valence-electron chi connectivity index (χ2n) is 4.10. The van der Waals surface area contributed by atoms with E-state index in [4.69, 9.17) is 14.9 Å². The Labute approximate surface area is 108 Å². The molecule has 0 radical (unpaired) electrons. The molecule has 0 unspecified atom stereocenters. The molecule has 2 aromatic carbocycles. The number of nitrogens with zero attached hydrogens (tertiary/aromatic N) is 1. The van der Waals surface area contributed by atoms with Crippen LogP contribution < -0.4 is 10.5 Å². The maximum atomic E-state index is 13.4. The van der Waals surface area contributed by atoms with Gasteiger partial charge in [0.2, 0.25) is 5.89 Å². The van der Waals surface area contributed by atoms with Gasteiger partial charge in [-0.15, -0.1) is 0 Å². The van der Waals surface area contributed by atoms with Crippen molar-refractivity contribution in [3.8, 4) is 17.2 Å². The summed E-state index contributed by atoms with van der Waals surface area (Å²) in [6, 6.07) is 9.67. The first-order valence-electron chi connectivity index (χ1n) is 5.67. The van der Waals surface area contributed by atoms with Gasteiger partial charge in [-0.25, -0.2) is 9.37 Å². The molecule has 1 heterocycles. The maximum Gasteiger partial charge on any atom is 0.227 e. The van der Waals surface area contributed by atoms with Gasteiger partial charge in [-0.05, 0) is 36.4 Å². The molecular formula is C14H11FN2O2. The summed E-state index contributed by atoms with van der Waals surface area (Å²) in [5, 5.41) is 0. The highest BCUT2D eigenvalue weighted by Crippen LogP contribution is 2.29. The minimum Gasteiger partial charge on any atom is -0.494 e. The minimum atomic E-state index is -0.424. The number of oxazole rings is 1. The number of nitrogens with two attached hydrogens (primary N) is 1. The minimum absolute atomic E-state index is 0.152. The molecule has 0 atom stereocenters. The van der Waals surface area contributed by atoms with E-state index in [1.807, 2.05) is 0 Å². The standard InChI is InChI=1S/C14H11FN2O2/c1-18-13-6-8(2-4-10(13)15)14-17-11-7-9(16)3-5-12(11)19-14/h2-7H,16H2,1H3. The van der Waals surface area contributed by atoms with E-state index in [1.54, 1.807) is 30.3 Å². The lowest BCUT2D eigenvalue weighted by atomic mass is 10.2. The van der Waals surface area contributed by atoms with E-state index in [0.29, 0.717) is 28.2 Å². The van der Waals surface area contributed by atoms with Crippen LogP contribution in [0.25, 0.3) is 22.6 Å². The van der Waals surface area contributed by atoms with Gasteiger partial charge in [0.05, 0.1) is 7.11 Å². The molecule has 3 rings (SSSR count). The van der Waals surface area contributed by atoms with E-state index in [2.05, 4.69) is 4.98 Å². The second kappa shape index (κ2) is 4.28. The highest BCUT2D eigenvalue weighted by molar-refractivity contribution is 5.79. The van der Waals surface area contributed by atoms with Crippen molar-refractivity contribution in [2.24, 2.45) is 0 Å². The molecule has 1 aromatic heterocycles. The molecule has 19 heavy (non-hydrogen) atoms. The molecule has 0 bridgehead atoms. The Morgan fingerprint density at radius 2 is 2.05 bits per heavy atom. The first-order valence-corrected chi connectivity index (χ1v) is 5.67. The zero-order valence-corrected chi connectivity index (χ0v) is 10.2. The van der Waals surface area contributed by atoms with Gasteiger partial charge in [-0.2, -0.15) is 0 Å². The zero-order valence-electron chi connectivity index (χ0n) is 10.2. The van der Waals surface area contributed by atoms with Crippen LogP contribution in [0.1, 0.15) is 0 Å². The van der Waals surface area contributed by atoms with Crippen LogP contribution in [0, 0.1) is 5.82 Å². The number of rotatable bonds is 2. The summed E-state index contributed by atoms with van der Waals surface area (Å²) < 4.78 is 23.9. The highest BCUT2D eigenvalue weighted by Gasteiger charge is 2.11. The van der Waals surface area contributed by atoms with E-state index in [9.17, 15) is 4.39 Å². The lowest BCUT2D eigenvalue weighted by Gasteiger charge is -2.02. The van der Waals surface area contributed by atoms with Gasteiger partial charge in [-0.3, -0.25) is 0 Å². The largest absolute Gasteiger partial charge is 0.494 e. The van der Waals surface area contributed by atoms with Crippen molar-refractivity contribution in [3.05, 3.63) is 42.2 Å². The molecule has 0 amide bonds. The van der Waals surface area contributed by atoms with Crippen molar-refractivity contribution in [1.29, 1.82) is 0 Å². The second-order valence-corrected chi connectivity index (χ2v) is 4.10. The summed E-state index contributed by atoms with van der Waals surface area (Å²) in [4.78, 5) is 4.32. The lowest BCUT2D eigenvalue weighted by Crippen LogP contribution is -1.88. The molecule has 0 aliphatic heterocycles. The monoisotopic (exact) mass is 258 g/mol. The summed E-state index contributed by atoms with van der Waals surface area (Å²) in [6.45, 7) is 0. The topological polar surface area (TPSA) is 61.3 Å². The average Bonchev–Trinajstić information content (AvgIpc) is 2.82. The van der Waals surface area contributed by atoms with Gasteiger partial charge in [0, 0.05) is 11.3 Å². The predicted molar refractivity (Wildman–Crippen MR) is 70.4 cm³/mol. The van der Waals surface area contributed by atoms with Crippen LogP contribution in [0.3, 0.4) is 0 Å². The molecular weight excluding hydrogens is 247 g/mol. The van der Waals surface area contributed by atoms with Crippen molar-refractivity contribution < 1.29 is 13.5 Å². The van der Waals surface area contributed by atoms with Gasteiger partial charge in [0.25, 0.3) is 0 Å². The van der Waals surface area contributed by atoms with E-state index < -0.39 is 5.82 Å². The van der Waals surface area contributed by atoms with E-state index in [1.165, 1.54) is 13.2 Å². The molecule has 96 valence electrons. The number of nitrogen functional groups attached to an aromatic ring is 1. The van der Waals surface area contributed by atoms with Gasteiger partial charge in [-0.1, -0.05) is 0 Å². The maximum absolute atomic E-state index is 13.4. The first-order chi connectivity index (χ1) is 9.17. The summed E-state index contributed by atoms with van der Waals surface area (Å²) in [5.74, 6) is 0.129. The fraction of sp³-hybridized carbons (Fsp3) is 0.0714. The average molecular weight is 258 g/mol. The number of halogens is 1. The molecule has 0 aliphatic rings. The molecule has 0 fully saturated rings. The molecule has 4 nitrogen and oxygen atoms in total. The molecule has 0 aliphatic carbocycles. The Kier molecular flexibility index (Phi) is 2.59. The SMILES string of the molecule is COc1cc(-c2nc3cc(N)ccc3o2)ccc1F. The first kappa shape index (κ1) is 11.5. The van der Waals surface area contributed by atoms with Crippen LogP contribution >= 0.6 is 0 Å². The van der Waals surface area contributed by atoms with Crippen LogP contribution in [0.15, 0.2) is 40.8 Å². The highest BCUT2D eigenvalue weighted by atomic mass is 19.1. The van der Waals surface area contributed by atoms with Crippen LogP contribution in [0.2, 0.25) is 0 Å². The van der Waals surface area contributed by atoms with Crippen LogP contribution in [-0.2, 0) is 0 Å². The third-order valence-corrected chi connectivity index (χ3v) is 2.81. The predicted octanol–water partition coefficient (Wildman–Crippen LogP) is 3.22. The van der Waals surface area contributed by atoms with Crippen LogP contribution in [0.4, 0.5) is 10.1 Å². The molecule has 0 saturated heterocycles. The molecule has 0 saturated carbocycles. The van der Waals surface area contributed by atoms with Crippen molar-refractivity contribution in [3.63, 3.8) is 0 Å². The van der Waals surface area contributed by atoms with Gasteiger partial charge < -0.3 is 14.9 Å². The quantitative estimate of drug-likeness (QED) is 0.717. The smallest absolute Gasteiger partial charge is 0.227 e. The van der Waals surface area contributed by atoms with E-state index in [-0.39, 0.29) is 5.75 Å². The van der Waals surface area contributed by atoms with Crippen molar-refractivity contribution in [2.75, 3.05) is 12.8 Å². The number of fused-ring (bicyclic) bond motifs is 1. The number of aromatic nitrogens is 1. The molecule has 3 aromatic rings. The summed E-state index contributed by atoms with van der Waals surface area (Å²) in [5.41, 5.74) is 8.24. The van der Waals surface area contributed by atoms with Crippen molar-refractivity contribution >= 4 is 16.8 Å². The number of ether oxygens (including phenoxy) is 1. The van der Waals surface area contributed by atoms with Gasteiger partial charge in [0.1, 0.15) is 5.52 Å². The summed E-state index contributed by atoms with van der Waals surface area (Å²) in [6.07, 6.45) is 0. The number of benzene rings is 2. The Bertz CT molecular complexity index is 752. The van der Waals surface area contributed by atoms with Crippen LogP contribution in [-0.4, -0.2) is 12.1 Å². The van der Waals surface area contributed by atoms with E-state index >= 15 is 0 Å². The Morgan fingerprint density at radius 1 is 1.21 bits per heavy atom. The fourth-order valence-corrected chi connectivity index (χ4v) is 1.86. The Hall–Kier alpha value is -2.56. The normalized spacial score (nSPS) is 10.8. The van der Waals surface area contributed by atoms with Crippen molar-refractivity contribution in [1.82, 2.24) is 4.98 Å². The third kappa shape index (κ3) is 1.99. The summed E-state index contributed by atoms with van der Waals surface area (Å²) >= 11 is 0. The molecule has 0 spiro atoms. The number of methoxy groups -OCH3 is 1.